The van der Waals surface area contributed by atoms with Crippen LogP contribution < -0.4 is 5.32 Å². The Balaban J connectivity index is 1.70. The van der Waals surface area contributed by atoms with E-state index in [-0.39, 0.29) is 11.7 Å². The van der Waals surface area contributed by atoms with Crippen LogP contribution in [0.1, 0.15) is 78.6 Å². The van der Waals surface area contributed by atoms with E-state index in [1.807, 2.05) is 6.92 Å². The highest BCUT2D eigenvalue weighted by Crippen LogP contribution is 2.43. The van der Waals surface area contributed by atoms with Crippen molar-refractivity contribution in [2.75, 3.05) is 13.1 Å². The molecule has 2 N–H and O–H groups in total. The summed E-state index contributed by atoms with van der Waals surface area (Å²) in [5.41, 5.74) is -0.427. The van der Waals surface area contributed by atoms with Crippen LogP contribution in [0.25, 0.3) is 0 Å². The van der Waals surface area contributed by atoms with Gasteiger partial charge >= 0.3 is 0 Å². The van der Waals surface area contributed by atoms with Crippen LogP contribution in [0.4, 0.5) is 0 Å². The maximum atomic E-state index is 10.6. The lowest BCUT2D eigenvalue weighted by molar-refractivity contribution is -0.0906. The lowest BCUT2D eigenvalue weighted by Crippen LogP contribution is -2.36. The fourth-order valence-electron chi connectivity index (χ4n) is 3.94. The van der Waals surface area contributed by atoms with E-state index < -0.39 is 5.60 Å². The van der Waals surface area contributed by atoms with Crippen LogP contribution in [0.15, 0.2) is 0 Å². The van der Waals surface area contributed by atoms with Crippen molar-refractivity contribution in [2.45, 2.75) is 95.9 Å². The molecule has 0 aromatic carbocycles. The minimum Gasteiger partial charge on any atom is -0.390 e. The second-order valence-corrected chi connectivity index (χ2v) is 8.07. The Hall–Kier alpha value is -0.120. The van der Waals surface area contributed by atoms with Gasteiger partial charge in [0.25, 0.3) is 0 Å². The molecule has 3 heteroatoms. The average molecular weight is 297 g/mol. The Labute approximate surface area is 130 Å². The van der Waals surface area contributed by atoms with Gasteiger partial charge in [-0.15, -0.1) is 0 Å². The van der Waals surface area contributed by atoms with Crippen LogP contribution >= 0.6 is 0 Å². The Morgan fingerprint density at radius 3 is 2.62 bits per heavy atom. The number of aliphatic hydroxyl groups is 1. The van der Waals surface area contributed by atoms with E-state index in [1.165, 1.54) is 38.5 Å². The topological polar surface area (TPSA) is 41.5 Å². The molecule has 2 aliphatic rings. The number of ether oxygens (including phenoxy) is 1. The zero-order valence-corrected chi connectivity index (χ0v) is 14.3. The van der Waals surface area contributed by atoms with E-state index in [4.69, 9.17) is 4.74 Å². The third-order valence-electron chi connectivity index (χ3n) is 5.16. The molecular formula is C18H35NO2. The number of hydrogen-bond donors (Lipinski definition) is 2. The summed E-state index contributed by atoms with van der Waals surface area (Å²) in [4.78, 5) is 0. The van der Waals surface area contributed by atoms with E-state index in [9.17, 15) is 5.11 Å². The van der Waals surface area contributed by atoms with Crippen LogP contribution in [0.5, 0.6) is 0 Å². The molecule has 2 fully saturated rings. The van der Waals surface area contributed by atoms with Crippen molar-refractivity contribution in [1.82, 2.24) is 5.32 Å². The van der Waals surface area contributed by atoms with Gasteiger partial charge in [-0.05, 0) is 58.0 Å². The third kappa shape index (κ3) is 5.54. The highest BCUT2D eigenvalue weighted by molar-refractivity contribution is 4.93. The monoisotopic (exact) mass is 297 g/mol. The van der Waals surface area contributed by atoms with Crippen molar-refractivity contribution in [2.24, 2.45) is 5.92 Å². The quantitative estimate of drug-likeness (QED) is 0.705. The molecule has 2 atom stereocenters. The van der Waals surface area contributed by atoms with Gasteiger partial charge in [-0.25, -0.2) is 0 Å². The number of hydrogen-bond acceptors (Lipinski definition) is 3. The summed E-state index contributed by atoms with van der Waals surface area (Å²) in [6, 6.07) is 0. The summed E-state index contributed by atoms with van der Waals surface area (Å²) >= 11 is 0. The van der Waals surface area contributed by atoms with E-state index >= 15 is 0 Å². The molecule has 1 saturated carbocycles. The summed E-state index contributed by atoms with van der Waals surface area (Å²) in [5, 5.41) is 14.0. The van der Waals surface area contributed by atoms with Crippen LogP contribution in [0.2, 0.25) is 0 Å². The van der Waals surface area contributed by atoms with E-state index in [1.54, 1.807) is 0 Å². The summed E-state index contributed by atoms with van der Waals surface area (Å²) in [5.74, 6) is 0.666. The minimum atomic E-state index is -0.602. The molecule has 0 radical (unpaired) electrons. The molecule has 3 nitrogen and oxygen atoms in total. The minimum absolute atomic E-state index is 0.175. The first kappa shape index (κ1) is 17.2. The predicted octanol–water partition coefficient (Wildman–Crippen LogP) is 3.65. The Kier molecular flexibility index (Phi) is 6.10. The van der Waals surface area contributed by atoms with Crippen molar-refractivity contribution in [3.05, 3.63) is 0 Å². The van der Waals surface area contributed by atoms with Gasteiger partial charge in [0, 0.05) is 6.42 Å². The van der Waals surface area contributed by atoms with E-state index in [2.05, 4.69) is 19.2 Å². The van der Waals surface area contributed by atoms with Crippen LogP contribution in [0.3, 0.4) is 0 Å². The molecule has 21 heavy (non-hydrogen) atoms. The maximum Gasteiger partial charge on any atom is 0.0687 e. The van der Waals surface area contributed by atoms with Gasteiger partial charge in [-0.1, -0.05) is 33.1 Å². The number of nitrogens with one attached hydrogen (secondary N) is 1. The van der Waals surface area contributed by atoms with Gasteiger partial charge in [0.1, 0.15) is 0 Å². The molecule has 1 heterocycles. The molecule has 1 spiro atoms. The maximum absolute atomic E-state index is 10.6. The van der Waals surface area contributed by atoms with Gasteiger partial charge in [0.15, 0.2) is 0 Å². The van der Waals surface area contributed by atoms with Gasteiger partial charge in [-0.3, -0.25) is 0 Å². The molecule has 0 amide bonds. The Morgan fingerprint density at radius 1 is 1.24 bits per heavy atom. The Morgan fingerprint density at radius 2 is 1.95 bits per heavy atom. The SMILES string of the molecule is CC(C)CNCCC(C)(O)CC1CCC2(CCCCC2)O1. The zero-order chi connectivity index (χ0) is 15.3. The van der Waals surface area contributed by atoms with Crippen molar-refractivity contribution in [1.29, 1.82) is 0 Å². The number of rotatable bonds is 7. The molecule has 1 aliphatic heterocycles. The molecule has 1 aliphatic carbocycles. The zero-order valence-electron chi connectivity index (χ0n) is 14.3. The first-order valence-corrected chi connectivity index (χ1v) is 9.02. The van der Waals surface area contributed by atoms with Gasteiger partial charge in [0.05, 0.1) is 17.3 Å². The molecule has 2 rings (SSSR count). The van der Waals surface area contributed by atoms with Crippen molar-refractivity contribution < 1.29 is 9.84 Å². The fourth-order valence-corrected chi connectivity index (χ4v) is 3.94. The highest BCUT2D eigenvalue weighted by Gasteiger charge is 2.42. The average Bonchev–Trinajstić information content (AvgIpc) is 2.77. The predicted molar refractivity (Wildman–Crippen MR) is 87.5 cm³/mol. The summed E-state index contributed by atoms with van der Waals surface area (Å²) in [7, 11) is 0. The molecular weight excluding hydrogens is 262 g/mol. The molecule has 1 saturated heterocycles. The van der Waals surface area contributed by atoms with Crippen LogP contribution in [-0.4, -0.2) is 35.5 Å². The fraction of sp³-hybridized carbons (Fsp3) is 1.00. The Bertz CT molecular complexity index is 308. The summed E-state index contributed by atoms with van der Waals surface area (Å²) < 4.78 is 6.39. The van der Waals surface area contributed by atoms with Crippen LogP contribution in [0, 0.1) is 5.92 Å². The van der Waals surface area contributed by atoms with Gasteiger partial charge < -0.3 is 15.2 Å². The van der Waals surface area contributed by atoms with E-state index in [0.29, 0.717) is 5.92 Å². The summed E-state index contributed by atoms with van der Waals surface area (Å²) in [6.45, 7) is 8.31. The largest absolute Gasteiger partial charge is 0.390 e. The lowest BCUT2D eigenvalue weighted by Gasteiger charge is -2.34. The normalized spacial score (nSPS) is 28.1. The molecule has 0 bridgehead atoms. The standard InChI is InChI=1S/C18H35NO2/c1-15(2)14-19-12-11-17(3,20)13-16-7-10-18(21-16)8-5-4-6-9-18/h15-16,19-20H,4-14H2,1-3H3. The van der Waals surface area contributed by atoms with Crippen molar-refractivity contribution in [3.63, 3.8) is 0 Å². The first-order chi connectivity index (χ1) is 9.91. The molecule has 0 aromatic rings. The molecule has 2 unspecified atom stereocenters. The van der Waals surface area contributed by atoms with Crippen molar-refractivity contribution >= 4 is 0 Å². The summed E-state index contributed by atoms with van der Waals surface area (Å²) in [6.07, 6.45) is 10.7. The first-order valence-electron chi connectivity index (χ1n) is 9.02. The van der Waals surface area contributed by atoms with Gasteiger partial charge in [0.2, 0.25) is 0 Å². The lowest BCUT2D eigenvalue weighted by atomic mass is 9.83. The van der Waals surface area contributed by atoms with Gasteiger partial charge in [-0.2, -0.15) is 0 Å². The molecule has 0 aromatic heterocycles. The van der Waals surface area contributed by atoms with Crippen LogP contribution in [-0.2, 0) is 4.74 Å². The van der Waals surface area contributed by atoms with E-state index in [0.717, 1.165) is 32.4 Å². The third-order valence-corrected chi connectivity index (χ3v) is 5.16. The van der Waals surface area contributed by atoms with Crippen molar-refractivity contribution in [3.8, 4) is 0 Å². The highest BCUT2D eigenvalue weighted by atomic mass is 16.5. The second kappa shape index (κ2) is 7.43. The smallest absolute Gasteiger partial charge is 0.0687 e. The second-order valence-electron chi connectivity index (χ2n) is 8.07. The molecule has 124 valence electrons.